The molecule has 0 saturated carbocycles. The average molecular weight is 278 g/mol. The van der Waals surface area contributed by atoms with E-state index in [-0.39, 0.29) is 19.1 Å². The summed E-state index contributed by atoms with van der Waals surface area (Å²) in [6.45, 7) is 6.80. The summed E-state index contributed by atoms with van der Waals surface area (Å²) in [6.07, 6.45) is 1.46. The zero-order valence-corrected chi connectivity index (χ0v) is 12.0. The van der Waals surface area contributed by atoms with E-state index in [1.165, 1.54) is 4.31 Å². The molecule has 0 unspecified atom stereocenters. The third kappa shape index (κ3) is 3.93. The van der Waals surface area contributed by atoms with Crippen molar-refractivity contribution in [3.8, 4) is 0 Å². The summed E-state index contributed by atoms with van der Waals surface area (Å²) >= 11 is 0. The van der Waals surface area contributed by atoms with Gasteiger partial charge in [-0.1, -0.05) is 6.92 Å². The average Bonchev–Trinajstić information content (AvgIpc) is 2.30. The summed E-state index contributed by atoms with van der Waals surface area (Å²) in [5.41, 5.74) is -0.515. The Kier molecular flexibility index (Phi) is 5.12. The van der Waals surface area contributed by atoms with Gasteiger partial charge in [0.1, 0.15) is 6.61 Å². The molecule has 1 rings (SSSR count). The first-order chi connectivity index (χ1) is 8.29. The topological polar surface area (TPSA) is 75.7 Å². The van der Waals surface area contributed by atoms with Gasteiger partial charge in [-0.05, 0) is 26.7 Å². The molecule has 1 aliphatic heterocycles. The van der Waals surface area contributed by atoms with Crippen LogP contribution in [0.4, 0.5) is 0 Å². The first kappa shape index (κ1) is 15.4. The highest BCUT2D eigenvalue weighted by atomic mass is 32.2. The van der Waals surface area contributed by atoms with E-state index in [1.807, 2.05) is 20.8 Å². The summed E-state index contributed by atoms with van der Waals surface area (Å²) in [5, 5.41) is 0. The largest absolute Gasteiger partial charge is 0.464 e. The molecule has 1 saturated heterocycles. The van der Waals surface area contributed by atoms with Gasteiger partial charge in [-0.3, -0.25) is 4.79 Å². The zero-order valence-electron chi connectivity index (χ0n) is 11.2. The van der Waals surface area contributed by atoms with E-state index in [1.54, 1.807) is 0 Å². The minimum absolute atomic E-state index is 0.100. The number of nitrogens with one attached hydrogen (secondary N) is 1. The number of carbonyl (C=O) groups is 1. The van der Waals surface area contributed by atoms with E-state index in [4.69, 9.17) is 4.74 Å². The predicted octanol–water partition coefficient (Wildman–Crippen LogP) is 0.506. The van der Waals surface area contributed by atoms with Gasteiger partial charge in [0.25, 0.3) is 10.2 Å². The first-order valence-electron chi connectivity index (χ1n) is 6.21. The van der Waals surface area contributed by atoms with Gasteiger partial charge in [0.15, 0.2) is 0 Å². The normalized spacial score (nSPS) is 20.6. The van der Waals surface area contributed by atoms with E-state index in [0.717, 1.165) is 6.42 Å². The number of esters is 1. The second-order valence-electron chi connectivity index (χ2n) is 5.03. The fourth-order valence-electron chi connectivity index (χ4n) is 1.48. The van der Waals surface area contributed by atoms with Crippen LogP contribution in [0.1, 0.15) is 33.6 Å². The van der Waals surface area contributed by atoms with Crippen molar-refractivity contribution in [2.75, 3.05) is 26.2 Å². The molecule has 1 heterocycles. The van der Waals surface area contributed by atoms with Crippen LogP contribution in [0, 0.1) is 5.41 Å². The molecule has 0 atom stereocenters. The second-order valence-corrected chi connectivity index (χ2v) is 6.78. The van der Waals surface area contributed by atoms with Crippen molar-refractivity contribution in [3.05, 3.63) is 0 Å². The Labute approximate surface area is 109 Å². The highest BCUT2D eigenvalue weighted by Gasteiger charge is 2.28. The molecule has 0 aromatic carbocycles. The lowest BCUT2D eigenvalue weighted by atomic mass is 9.91. The number of hydrogen-bond acceptors (Lipinski definition) is 4. The first-order valence-corrected chi connectivity index (χ1v) is 7.65. The molecule has 0 bridgehead atoms. The summed E-state index contributed by atoms with van der Waals surface area (Å²) in [5.74, 6) is -0.285. The Balaban J connectivity index is 2.40. The molecule has 0 radical (unpaired) electrons. The highest BCUT2D eigenvalue weighted by molar-refractivity contribution is 7.87. The molecule has 1 aliphatic rings. The van der Waals surface area contributed by atoms with Gasteiger partial charge in [0, 0.05) is 19.6 Å². The van der Waals surface area contributed by atoms with Crippen molar-refractivity contribution in [2.24, 2.45) is 5.41 Å². The van der Waals surface area contributed by atoms with Gasteiger partial charge in [-0.25, -0.2) is 4.72 Å². The number of ether oxygens (including phenoxy) is 1. The molecule has 7 heteroatoms. The summed E-state index contributed by atoms with van der Waals surface area (Å²) in [4.78, 5) is 11.7. The molecular weight excluding hydrogens is 256 g/mol. The van der Waals surface area contributed by atoms with E-state index in [9.17, 15) is 13.2 Å². The minimum atomic E-state index is -3.37. The van der Waals surface area contributed by atoms with Crippen LogP contribution in [0.25, 0.3) is 0 Å². The van der Waals surface area contributed by atoms with Gasteiger partial charge in [0.2, 0.25) is 0 Å². The Morgan fingerprint density at radius 1 is 1.44 bits per heavy atom. The number of rotatable bonds is 5. The van der Waals surface area contributed by atoms with Crippen molar-refractivity contribution in [1.29, 1.82) is 0 Å². The molecular formula is C11H22N2O4S. The Bertz CT molecular complexity index is 392. The Morgan fingerprint density at radius 3 is 2.67 bits per heavy atom. The van der Waals surface area contributed by atoms with Crippen molar-refractivity contribution >= 4 is 16.2 Å². The SMILES string of the molecule is CCC(C)(C)C(=O)OCCN1CCCNS1(=O)=O. The van der Waals surface area contributed by atoms with Gasteiger partial charge in [0.05, 0.1) is 5.41 Å². The molecule has 1 fully saturated rings. The third-order valence-electron chi connectivity index (χ3n) is 3.22. The van der Waals surface area contributed by atoms with Crippen LogP contribution >= 0.6 is 0 Å². The molecule has 18 heavy (non-hydrogen) atoms. The minimum Gasteiger partial charge on any atom is -0.464 e. The van der Waals surface area contributed by atoms with E-state index in [0.29, 0.717) is 19.5 Å². The molecule has 0 aromatic heterocycles. The van der Waals surface area contributed by atoms with Gasteiger partial charge in [-0.15, -0.1) is 0 Å². The van der Waals surface area contributed by atoms with Crippen LogP contribution in [-0.2, 0) is 19.7 Å². The maximum Gasteiger partial charge on any atom is 0.311 e. The molecule has 0 aromatic rings. The quantitative estimate of drug-likeness (QED) is 0.743. The standard InChI is InChI=1S/C11H22N2O4S/c1-4-11(2,3)10(14)17-9-8-13-7-5-6-12-18(13,15)16/h12H,4-9H2,1-3H3. The van der Waals surface area contributed by atoms with Crippen LogP contribution < -0.4 is 4.72 Å². The van der Waals surface area contributed by atoms with Crippen molar-refractivity contribution in [1.82, 2.24) is 9.03 Å². The lowest BCUT2D eigenvalue weighted by molar-refractivity contribution is -0.154. The van der Waals surface area contributed by atoms with Crippen molar-refractivity contribution < 1.29 is 17.9 Å². The summed E-state index contributed by atoms with van der Waals surface area (Å²) < 4.78 is 32.0. The second kappa shape index (κ2) is 5.99. The fraction of sp³-hybridized carbons (Fsp3) is 0.909. The van der Waals surface area contributed by atoms with Crippen LogP contribution in [0.3, 0.4) is 0 Å². The van der Waals surface area contributed by atoms with Crippen LogP contribution in [0.15, 0.2) is 0 Å². The molecule has 0 aliphatic carbocycles. The number of hydrogen-bond donors (Lipinski definition) is 1. The van der Waals surface area contributed by atoms with E-state index in [2.05, 4.69) is 4.72 Å². The summed E-state index contributed by atoms with van der Waals surface area (Å²) in [7, 11) is -3.37. The molecule has 6 nitrogen and oxygen atoms in total. The molecule has 106 valence electrons. The van der Waals surface area contributed by atoms with Crippen LogP contribution in [-0.4, -0.2) is 44.9 Å². The van der Waals surface area contributed by atoms with Crippen molar-refractivity contribution in [3.63, 3.8) is 0 Å². The lowest BCUT2D eigenvalue weighted by Crippen LogP contribution is -2.48. The maximum atomic E-state index is 11.7. The third-order valence-corrected chi connectivity index (χ3v) is 4.83. The Morgan fingerprint density at radius 2 is 2.11 bits per heavy atom. The van der Waals surface area contributed by atoms with E-state index >= 15 is 0 Å². The highest BCUT2D eigenvalue weighted by Crippen LogP contribution is 2.21. The lowest BCUT2D eigenvalue weighted by Gasteiger charge is -2.27. The monoisotopic (exact) mass is 278 g/mol. The molecule has 0 amide bonds. The number of carbonyl (C=O) groups excluding carboxylic acids is 1. The van der Waals surface area contributed by atoms with Gasteiger partial charge >= 0.3 is 5.97 Å². The van der Waals surface area contributed by atoms with Crippen LogP contribution in [0.2, 0.25) is 0 Å². The van der Waals surface area contributed by atoms with Crippen LogP contribution in [0.5, 0.6) is 0 Å². The van der Waals surface area contributed by atoms with E-state index < -0.39 is 15.6 Å². The molecule has 1 N–H and O–H groups in total. The zero-order chi connectivity index (χ0) is 13.8. The van der Waals surface area contributed by atoms with Gasteiger partial charge < -0.3 is 4.74 Å². The smallest absolute Gasteiger partial charge is 0.311 e. The van der Waals surface area contributed by atoms with Gasteiger partial charge in [-0.2, -0.15) is 12.7 Å². The molecule has 0 spiro atoms. The number of nitrogens with zero attached hydrogens (tertiary/aromatic N) is 1. The maximum absolute atomic E-state index is 11.7. The fourth-order valence-corrected chi connectivity index (χ4v) is 2.75. The Hall–Kier alpha value is -0.660. The van der Waals surface area contributed by atoms with Crippen molar-refractivity contribution in [2.45, 2.75) is 33.6 Å². The predicted molar refractivity (Wildman–Crippen MR) is 68.1 cm³/mol. The summed E-state index contributed by atoms with van der Waals surface area (Å²) in [6, 6.07) is 0.